The maximum Gasteiger partial charge on any atom is 0.250 e. The van der Waals surface area contributed by atoms with E-state index in [1.807, 2.05) is 0 Å². The summed E-state index contributed by atoms with van der Waals surface area (Å²) >= 11 is 3.19. The fourth-order valence-electron chi connectivity index (χ4n) is 3.63. The van der Waals surface area contributed by atoms with Gasteiger partial charge < -0.3 is 9.80 Å². The van der Waals surface area contributed by atoms with Crippen LogP contribution in [0.5, 0.6) is 0 Å². The Morgan fingerprint density at radius 2 is 1.48 bits per heavy atom. The maximum absolute atomic E-state index is 13.4. The number of hydrogen-bond donors (Lipinski definition) is 1. The molecule has 1 N–H and O–H groups in total. The van der Waals surface area contributed by atoms with E-state index in [4.69, 9.17) is 4.98 Å². The van der Waals surface area contributed by atoms with Gasteiger partial charge in [-0.05, 0) is 72.2 Å². The Kier molecular flexibility index (Phi) is 6.53. The van der Waals surface area contributed by atoms with Gasteiger partial charge in [0.25, 0.3) is 0 Å². The van der Waals surface area contributed by atoms with Gasteiger partial charge >= 0.3 is 0 Å². The third-order valence-corrected chi connectivity index (χ3v) is 5.82. The molecule has 2 fully saturated rings. The van der Waals surface area contributed by atoms with Crippen LogP contribution in [0.3, 0.4) is 0 Å². The van der Waals surface area contributed by atoms with Gasteiger partial charge in [0.15, 0.2) is 0 Å². The first-order valence-electron chi connectivity index (χ1n) is 10.2. The Morgan fingerprint density at radius 3 is 2.03 bits per heavy atom. The molecule has 2 saturated heterocycles. The van der Waals surface area contributed by atoms with Gasteiger partial charge in [0.1, 0.15) is 5.82 Å². The summed E-state index contributed by atoms with van der Waals surface area (Å²) in [4.78, 5) is 18.4. The molecule has 154 valence electrons. The number of hydrogen-bond acceptors (Lipinski definition) is 7. The molecule has 0 aliphatic carbocycles. The van der Waals surface area contributed by atoms with Crippen LogP contribution in [0.2, 0.25) is 0 Å². The van der Waals surface area contributed by atoms with E-state index in [0.29, 0.717) is 22.3 Å². The summed E-state index contributed by atoms with van der Waals surface area (Å²) in [6, 6.07) is 4.74. The molecule has 3 heterocycles. The smallest absolute Gasteiger partial charge is 0.250 e. The maximum atomic E-state index is 13.4. The first kappa shape index (κ1) is 20.0. The summed E-state index contributed by atoms with van der Waals surface area (Å²) in [5.74, 6) is 1.55. The molecule has 0 atom stereocenters. The molecule has 1 aromatic carbocycles. The van der Waals surface area contributed by atoms with Crippen molar-refractivity contribution in [3.8, 4) is 0 Å². The summed E-state index contributed by atoms with van der Waals surface area (Å²) < 4.78 is 13.8. The van der Waals surface area contributed by atoms with Gasteiger partial charge in [-0.25, -0.2) is 9.82 Å². The Balaban J connectivity index is 1.55. The number of benzene rings is 1. The van der Waals surface area contributed by atoms with Crippen molar-refractivity contribution in [2.45, 2.75) is 38.5 Å². The molecule has 0 radical (unpaired) electrons. The number of nitrogens with one attached hydrogen (secondary N) is 1. The van der Waals surface area contributed by atoms with Gasteiger partial charge in [0.2, 0.25) is 17.8 Å². The Morgan fingerprint density at radius 1 is 0.897 bits per heavy atom. The standard InChI is InChI=1S/C20H25BrFN7/c21-16-13-15(7-8-17(16)22)14-23-27-18-24-19(28-9-3-1-4-10-28)26-20(25-18)29-11-5-2-6-12-29/h7-8,13-14H,1-6,9-12H2,(H,24,25,26,27)/b23-14+. The first-order valence-corrected chi connectivity index (χ1v) is 11.0. The van der Waals surface area contributed by atoms with Crippen LogP contribution in [0.25, 0.3) is 0 Å². The molecule has 7 nitrogen and oxygen atoms in total. The molecule has 2 aliphatic rings. The number of piperidine rings is 2. The van der Waals surface area contributed by atoms with E-state index in [1.165, 1.54) is 18.9 Å². The van der Waals surface area contributed by atoms with Crippen LogP contribution in [0, 0.1) is 5.82 Å². The zero-order chi connectivity index (χ0) is 20.1. The lowest BCUT2D eigenvalue weighted by molar-refractivity contribution is 0.556. The second-order valence-electron chi connectivity index (χ2n) is 7.40. The zero-order valence-corrected chi connectivity index (χ0v) is 17.9. The summed E-state index contributed by atoms with van der Waals surface area (Å²) in [6.45, 7) is 3.87. The summed E-state index contributed by atoms with van der Waals surface area (Å²) in [5, 5.41) is 4.25. The second kappa shape index (κ2) is 9.47. The van der Waals surface area contributed by atoms with Crippen molar-refractivity contribution in [2.24, 2.45) is 5.10 Å². The third-order valence-electron chi connectivity index (χ3n) is 5.21. The largest absolute Gasteiger partial charge is 0.341 e. The quantitative estimate of drug-likeness (QED) is 0.531. The van der Waals surface area contributed by atoms with Gasteiger partial charge in [-0.15, -0.1) is 0 Å². The summed E-state index contributed by atoms with van der Waals surface area (Å²) in [5.41, 5.74) is 3.70. The van der Waals surface area contributed by atoms with Crippen molar-refractivity contribution < 1.29 is 4.39 Å². The highest BCUT2D eigenvalue weighted by atomic mass is 79.9. The number of rotatable bonds is 5. The molecule has 2 aromatic rings. The van der Waals surface area contributed by atoms with E-state index in [1.54, 1.807) is 18.3 Å². The van der Waals surface area contributed by atoms with E-state index in [0.717, 1.165) is 57.4 Å². The number of hydrazone groups is 1. The Labute approximate surface area is 178 Å². The fourth-order valence-corrected chi connectivity index (χ4v) is 4.03. The molecule has 29 heavy (non-hydrogen) atoms. The highest BCUT2D eigenvalue weighted by Gasteiger charge is 2.20. The fraction of sp³-hybridized carbons (Fsp3) is 0.500. The van der Waals surface area contributed by atoms with E-state index in [-0.39, 0.29) is 5.82 Å². The topological polar surface area (TPSA) is 69.5 Å². The number of halogens is 2. The van der Waals surface area contributed by atoms with Gasteiger partial charge in [-0.1, -0.05) is 6.07 Å². The van der Waals surface area contributed by atoms with Gasteiger partial charge in [0, 0.05) is 26.2 Å². The van der Waals surface area contributed by atoms with Gasteiger partial charge in [-0.2, -0.15) is 20.1 Å². The predicted molar refractivity (Wildman–Crippen MR) is 117 cm³/mol. The minimum atomic E-state index is -0.301. The highest BCUT2D eigenvalue weighted by molar-refractivity contribution is 9.10. The molecule has 0 saturated carbocycles. The molecular weight excluding hydrogens is 437 g/mol. The van der Waals surface area contributed by atoms with E-state index in [9.17, 15) is 4.39 Å². The van der Waals surface area contributed by atoms with Crippen molar-refractivity contribution in [1.82, 2.24) is 15.0 Å². The number of aromatic nitrogens is 3. The van der Waals surface area contributed by atoms with Crippen LogP contribution in [0.4, 0.5) is 22.2 Å². The number of nitrogens with zero attached hydrogens (tertiary/aromatic N) is 6. The molecule has 4 rings (SSSR count). The summed E-state index contributed by atoms with van der Waals surface area (Å²) in [6.07, 6.45) is 8.76. The first-order chi connectivity index (χ1) is 14.2. The second-order valence-corrected chi connectivity index (χ2v) is 8.25. The molecule has 1 aromatic heterocycles. The van der Waals surface area contributed by atoms with Crippen LogP contribution in [-0.2, 0) is 0 Å². The Hall–Kier alpha value is -2.29. The van der Waals surface area contributed by atoms with Crippen LogP contribution in [0.1, 0.15) is 44.1 Å². The lowest BCUT2D eigenvalue weighted by atomic mass is 10.1. The van der Waals surface area contributed by atoms with Crippen molar-refractivity contribution >= 4 is 40.0 Å². The molecule has 0 bridgehead atoms. The van der Waals surface area contributed by atoms with Crippen molar-refractivity contribution in [1.29, 1.82) is 0 Å². The molecule has 2 aliphatic heterocycles. The van der Waals surface area contributed by atoms with E-state index >= 15 is 0 Å². The third kappa shape index (κ3) is 5.20. The lowest BCUT2D eigenvalue weighted by Crippen LogP contribution is -2.34. The number of anilines is 3. The van der Waals surface area contributed by atoms with Crippen molar-refractivity contribution in [2.75, 3.05) is 41.4 Å². The average molecular weight is 462 g/mol. The van der Waals surface area contributed by atoms with Crippen LogP contribution < -0.4 is 15.2 Å². The Bertz CT molecular complexity index is 828. The SMILES string of the molecule is Fc1ccc(/C=N/Nc2nc(N3CCCCC3)nc(N3CCCCC3)n2)cc1Br. The van der Waals surface area contributed by atoms with Gasteiger partial charge in [0.05, 0.1) is 10.7 Å². The highest BCUT2D eigenvalue weighted by Crippen LogP contribution is 2.22. The van der Waals surface area contributed by atoms with Crippen molar-refractivity contribution in [3.63, 3.8) is 0 Å². The lowest BCUT2D eigenvalue weighted by Gasteiger charge is -2.30. The molecule has 0 spiro atoms. The molecule has 9 heteroatoms. The van der Waals surface area contributed by atoms with Crippen molar-refractivity contribution in [3.05, 3.63) is 34.1 Å². The molecule has 0 unspecified atom stereocenters. The van der Waals surface area contributed by atoms with E-state index < -0.39 is 0 Å². The predicted octanol–water partition coefficient (Wildman–Crippen LogP) is 4.20. The molecule has 0 amide bonds. The normalized spacial score (nSPS) is 17.7. The average Bonchev–Trinajstić information content (AvgIpc) is 2.77. The van der Waals surface area contributed by atoms with Gasteiger partial charge in [-0.3, -0.25) is 0 Å². The monoisotopic (exact) mass is 461 g/mol. The molecular formula is C20H25BrFN7. The minimum absolute atomic E-state index is 0.301. The van der Waals surface area contributed by atoms with E-state index in [2.05, 4.69) is 46.2 Å². The minimum Gasteiger partial charge on any atom is -0.341 e. The van der Waals surface area contributed by atoms with Crippen LogP contribution in [0.15, 0.2) is 27.8 Å². The van der Waals surface area contributed by atoms with Crippen LogP contribution >= 0.6 is 15.9 Å². The summed E-state index contributed by atoms with van der Waals surface area (Å²) in [7, 11) is 0. The zero-order valence-electron chi connectivity index (χ0n) is 16.3. The van der Waals surface area contributed by atoms with Crippen LogP contribution in [-0.4, -0.2) is 47.3 Å².